The number of fused-ring (bicyclic) bond motifs is 1. The highest BCUT2D eigenvalue weighted by Crippen LogP contribution is 2.25. The van der Waals surface area contributed by atoms with E-state index in [0.29, 0.717) is 13.0 Å². The Kier molecular flexibility index (Phi) is 6.56. The molecular weight excluding hydrogens is 315 g/mol. The lowest BCUT2D eigenvalue weighted by Crippen LogP contribution is -2.42. The van der Waals surface area contributed by atoms with Gasteiger partial charge in [-0.2, -0.15) is 13.2 Å². The van der Waals surface area contributed by atoms with Crippen molar-refractivity contribution in [2.75, 3.05) is 6.61 Å². The van der Waals surface area contributed by atoms with Crippen LogP contribution in [-0.4, -0.2) is 35.9 Å². The Morgan fingerprint density at radius 3 is 2.17 bits per heavy atom. The monoisotopic (exact) mass is 333 g/mol. The zero-order chi connectivity index (χ0) is 17.6. The molecule has 2 atom stereocenters. The van der Waals surface area contributed by atoms with E-state index in [2.05, 4.69) is 12.1 Å². The van der Waals surface area contributed by atoms with Crippen molar-refractivity contribution in [3.8, 4) is 0 Å². The van der Waals surface area contributed by atoms with Crippen molar-refractivity contribution in [2.45, 2.75) is 32.0 Å². The fourth-order valence-corrected chi connectivity index (χ4v) is 2.25. The van der Waals surface area contributed by atoms with Gasteiger partial charge in [-0.1, -0.05) is 24.3 Å². The van der Waals surface area contributed by atoms with E-state index < -0.39 is 12.1 Å². The first-order valence-electron chi connectivity index (χ1n) is 6.96. The molecule has 0 amide bonds. The third-order valence-corrected chi connectivity index (χ3v) is 3.36. The van der Waals surface area contributed by atoms with Gasteiger partial charge >= 0.3 is 18.1 Å². The third kappa shape index (κ3) is 5.55. The molecular formula is C15H18F3NO4. The molecule has 1 aromatic carbocycles. The van der Waals surface area contributed by atoms with Gasteiger partial charge in [0.2, 0.25) is 0 Å². The summed E-state index contributed by atoms with van der Waals surface area (Å²) in [5, 5.41) is 7.12. The number of hydrogen-bond acceptors (Lipinski definition) is 4. The molecule has 128 valence electrons. The highest BCUT2D eigenvalue weighted by Gasteiger charge is 2.38. The maximum absolute atomic E-state index is 11.7. The van der Waals surface area contributed by atoms with Crippen LogP contribution in [0.5, 0.6) is 0 Å². The molecule has 1 aliphatic carbocycles. The molecule has 0 fully saturated rings. The molecule has 3 N–H and O–H groups in total. The van der Waals surface area contributed by atoms with Crippen molar-refractivity contribution in [1.29, 1.82) is 0 Å². The van der Waals surface area contributed by atoms with Gasteiger partial charge in [0.25, 0.3) is 0 Å². The average Bonchev–Trinajstić information content (AvgIpc) is 2.46. The lowest BCUT2D eigenvalue weighted by Gasteiger charge is -2.28. The van der Waals surface area contributed by atoms with E-state index in [1.165, 1.54) is 11.1 Å². The summed E-state index contributed by atoms with van der Waals surface area (Å²) >= 11 is 0. The van der Waals surface area contributed by atoms with Crippen molar-refractivity contribution in [2.24, 2.45) is 11.7 Å². The topological polar surface area (TPSA) is 89.6 Å². The van der Waals surface area contributed by atoms with E-state index >= 15 is 0 Å². The maximum atomic E-state index is 11.7. The quantitative estimate of drug-likeness (QED) is 0.807. The van der Waals surface area contributed by atoms with Gasteiger partial charge in [0.05, 0.1) is 12.5 Å². The van der Waals surface area contributed by atoms with E-state index in [4.69, 9.17) is 20.4 Å². The highest BCUT2D eigenvalue weighted by molar-refractivity contribution is 5.74. The van der Waals surface area contributed by atoms with Crippen LogP contribution in [0.15, 0.2) is 24.3 Å². The molecule has 5 nitrogen and oxygen atoms in total. The van der Waals surface area contributed by atoms with Crippen LogP contribution in [0.2, 0.25) is 0 Å². The fourth-order valence-electron chi connectivity index (χ4n) is 2.25. The Labute approximate surface area is 131 Å². The van der Waals surface area contributed by atoms with Gasteiger partial charge in [0.1, 0.15) is 0 Å². The molecule has 8 heteroatoms. The number of ether oxygens (including phenoxy) is 1. The second-order valence-electron chi connectivity index (χ2n) is 5.00. The van der Waals surface area contributed by atoms with Gasteiger partial charge in [0.15, 0.2) is 0 Å². The molecule has 0 radical (unpaired) electrons. The fraction of sp³-hybridized carbons (Fsp3) is 0.467. The predicted molar refractivity (Wildman–Crippen MR) is 75.6 cm³/mol. The number of aliphatic carboxylic acids is 1. The molecule has 2 unspecified atom stereocenters. The van der Waals surface area contributed by atoms with Crippen LogP contribution in [0.25, 0.3) is 0 Å². The summed E-state index contributed by atoms with van der Waals surface area (Å²) in [7, 11) is 0. The predicted octanol–water partition coefficient (Wildman–Crippen LogP) is 1.93. The van der Waals surface area contributed by atoms with Crippen molar-refractivity contribution in [1.82, 2.24) is 0 Å². The number of alkyl halides is 3. The number of carbonyl (C=O) groups excluding carboxylic acids is 1. The number of benzene rings is 1. The summed E-state index contributed by atoms with van der Waals surface area (Å²) in [6, 6.07) is 8.03. The Balaban J connectivity index is 0.000000322. The summed E-state index contributed by atoms with van der Waals surface area (Å²) in [5.74, 6) is -3.10. The second kappa shape index (κ2) is 7.96. The molecule has 0 saturated carbocycles. The minimum Gasteiger partial charge on any atom is -0.475 e. The molecule has 0 aromatic heterocycles. The third-order valence-electron chi connectivity index (χ3n) is 3.36. The summed E-state index contributed by atoms with van der Waals surface area (Å²) in [5.41, 5.74) is 8.51. The zero-order valence-corrected chi connectivity index (χ0v) is 12.5. The standard InChI is InChI=1S/C13H17NO2.C2HF3O2/c1-2-16-13(15)11-7-9-5-3-4-6-10(9)8-12(11)14;3-2(4,5)1(6)7/h3-6,11-12H,2,7-8,14H2,1H3;(H,6,7). The molecule has 2 rings (SSSR count). The Morgan fingerprint density at radius 2 is 1.74 bits per heavy atom. The SMILES string of the molecule is CCOC(=O)C1Cc2ccccc2CC1N.O=C(O)C(F)(F)F. The number of hydrogen-bond donors (Lipinski definition) is 2. The Morgan fingerprint density at radius 1 is 1.26 bits per heavy atom. The number of halogens is 3. The summed E-state index contributed by atoms with van der Waals surface area (Å²) in [4.78, 5) is 20.6. The minimum absolute atomic E-state index is 0.117. The second-order valence-corrected chi connectivity index (χ2v) is 5.00. The number of nitrogens with two attached hydrogens (primary N) is 1. The first-order valence-corrected chi connectivity index (χ1v) is 6.96. The normalized spacial score (nSPS) is 19.9. The molecule has 1 aromatic rings. The van der Waals surface area contributed by atoms with E-state index in [1.54, 1.807) is 0 Å². The molecule has 0 spiro atoms. The molecule has 23 heavy (non-hydrogen) atoms. The number of esters is 1. The van der Waals surface area contributed by atoms with Crippen molar-refractivity contribution in [3.05, 3.63) is 35.4 Å². The minimum atomic E-state index is -5.08. The Hall–Kier alpha value is -2.09. The van der Waals surface area contributed by atoms with Gasteiger partial charge in [-0.15, -0.1) is 0 Å². The van der Waals surface area contributed by atoms with Crippen LogP contribution in [0.3, 0.4) is 0 Å². The highest BCUT2D eigenvalue weighted by atomic mass is 19.4. The maximum Gasteiger partial charge on any atom is 0.490 e. The van der Waals surface area contributed by atoms with E-state index in [0.717, 1.165) is 6.42 Å². The van der Waals surface area contributed by atoms with Crippen LogP contribution < -0.4 is 5.73 Å². The van der Waals surface area contributed by atoms with Crippen molar-refractivity contribution < 1.29 is 32.6 Å². The molecule has 1 aliphatic rings. The smallest absolute Gasteiger partial charge is 0.475 e. The first-order chi connectivity index (χ1) is 10.7. The van der Waals surface area contributed by atoms with Crippen molar-refractivity contribution >= 4 is 11.9 Å². The summed E-state index contributed by atoms with van der Waals surface area (Å²) < 4.78 is 36.8. The van der Waals surface area contributed by atoms with Gasteiger partial charge in [0, 0.05) is 6.04 Å². The van der Waals surface area contributed by atoms with Gasteiger partial charge in [-0.3, -0.25) is 4.79 Å². The van der Waals surface area contributed by atoms with Gasteiger partial charge < -0.3 is 15.6 Å². The van der Waals surface area contributed by atoms with Crippen LogP contribution in [0, 0.1) is 5.92 Å². The van der Waals surface area contributed by atoms with Crippen LogP contribution in [-0.2, 0) is 27.2 Å². The number of carbonyl (C=O) groups is 2. The summed E-state index contributed by atoms with van der Waals surface area (Å²) in [6.45, 7) is 2.24. The van der Waals surface area contributed by atoms with Gasteiger partial charge in [-0.05, 0) is 30.9 Å². The number of carboxylic acids is 1. The van der Waals surface area contributed by atoms with E-state index in [-0.39, 0.29) is 17.9 Å². The molecule has 0 heterocycles. The summed E-state index contributed by atoms with van der Waals surface area (Å²) in [6.07, 6.45) is -3.62. The number of rotatable bonds is 2. The van der Waals surface area contributed by atoms with Crippen LogP contribution in [0.1, 0.15) is 18.1 Å². The van der Waals surface area contributed by atoms with Crippen molar-refractivity contribution in [3.63, 3.8) is 0 Å². The first kappa shape index (κ1) is 19.0. The lowest BCUT2D eigenvalue weighted by atomic mass is 9.80. The number of carboxylic acid groups (broad SMARTS) is 1. The van der Waals surface area contributed by atoms with Crippen LogP contribution >= 0.6 is 0 Å². The van der Waals surface area contributed by atoms with Gasteiger partial charge in [-0.25, -0.2) is 4.79 Å². The molecule has 0 saturated heterocycles. The lowest BCUT2D eigenvalue weighted by molar-refractivity contribution is -0.192. The molecule has 0 bridgehead atoms. The largest absolute Gasteiger partial charge is 0.490 e. The zero-order valence-electron chi connectivity index (χ0n) is 12.5. The molecule has 0 aliphatic heterocycles. The van der Waals surface area contributed by atoms with E-state index in [9.17, 15) is 18.0 Å². The van der Waals surface area contributed by atoms with Crippen LogP contribution in [0.4, 0.5) is 13.2 Å². The van der Waals surface area contributed by atoms with E-state index in [1.807, 2.05) is 19.1 Å². The Bertz CT molecular complexity index is 560. The average molecular weight is 333 g/mol.